The Hall–Kier alpha value is -6.40. The summed E-state index contributed by atoms with van der Waals surface area (Å²) >= 11 is 0. The molecule has 0 fully saturated rings. The van der Waals surface area contributed by atoms with Crippen molar-refractivity contribution in [3.05, 3.63) is 151 Å². The van der Waals surface area contributed by atoms with Gasteiger partial charge in [-0.3, -0.25) is 4.57 Å². The lowest BCUT2D eigenvalue weighted by atomic mass is 9.57. The summed E-state index contributed by atoms with van der Waals surface area (Å²) in [7, 11) is 0. The van der Waals surface area contributed by atoms with Gasteiger partial charge >= 0.3 is 6.98 Å². The number of nitrogens with one attached hydrogen (secondary N) is 2. The van der Waals surface area contributed by atoms with E-state index in [9.17, 15) is 0 Å². The van der Waals surface area contributed by atoms with Gasteiger partial charge < -0.3 is 10.5 Å². The van der Waals surface area contributed by atoms with E-state index in [-0.39, 0.29) is 6.98 Å². The Morgan fingerprint density at radius 1 is 0.560 bits per heavy atom. The molecule has 2 aliphatic heterocycles. The van der Waals surface area contributed by atoms with E-state index in [1.165, 1.54) is 49.6 Å². The topological polar surface area (TPSA) is 54.8 Å². The molecule has 0 bridgehead atoms. The van der Waals surface area contributed by atoms with Crippen LogP contribution in [0.3, 0.4) is 0 Å². The van der Waals surface area contributed by atoms with Crippen LogP contribution in [0.25, 0.3) is 77.6 Å². The molecule has 5 nitrogen and oxygen atoms in total. The average molecular weight is 640 g/mol. The monoisotopic (exact) mass is 639 g/mol. The zero-order valence-electron chi connectivity index (χ0n) is 27.2. The van der Waals surface area contributed by atoms with Gasteiger partial charge in [0.25, 0.3) is 0 Å². The Morgan fingerprint density at radius 2 is 1.28 bits per heavy atom. The van der Waals surface area contributed by atoms with Crippen LogP contribution in [0.1, 0.15) is 18.5 Å². The molecule has 1 aliphatic carbocycles. The second kappa shape index (κ2) is 10.6. The van der Waals surface area contributed by atoms with Crippen molar-refractivity contribution in [3.63, 3.8) is 0 Å². The number of hydrogen-bond donors (Lipinski definition) is 2. The maximum Gasteiger partial charge on any atom is 0.407 e. The highest BCUT2D eigenvalue weighted by atomic mass is 15.2. The number of aromatic nitrogens is 3. The van der Waals surface area contributed by atoms with Crippen LogP contribution in [0.4, 0.5) is 11.4 Å². The van der Waals surface area contributed by atoms with Gasteiger partial charge in [0.15, 0.2) is 0 Å². The molecule has 0 radical (unpaired) electrons. The third-order valence-electron chi connectivity index (χ3n) is 10.6. The third kappa shape index (κ3) is 4.02. The lowest BCUT2D eigenvalue weighted by Gasteiger charge is -2.34. The first-order valence-corrected chi connectivity index (χ1v) is 17.4. The zero-order chi connectivity index (χ0) is 32.8. The molecule has 0 saturated heterocycles. The second-order valence-corrected chi connectivity index (χ2v) is 13.4. The predicted molar refractivity (Wildman–Crippen MR) is 209 cm³/mol. The van der Waals surface area contributed by atoms with E-state index in [1.54, 1.807) is 0 Å². The van der Waals surface area contributed by atoms with E-state index in [4.69, 9.17) is 9.97 Å². The quantitative estimate of drug-likeness (QED) is 0.189. The van der Waals surface area contributed by atoms with Crippen molar-refractivity contribution in [3.8, 4) is 39.3 Å². The van der Waals surface area contributed by atoms with Crippen LogP contribution < -0.4 is 15.9 Å². The molecule has 234 valence electrons. The van der Waals surface area contributed by atoms with Crippen molar-refractivity contribution in [1.29, 1.82) is 0 Å². The fourth-order valence-corrected chi connectivity index (χ4v) is 8.30. The van der Waals surface area contributed by atoms with E-state index >= 15 is 0 Å². The number of anilines is 2. The van der Waals surface area contributed by atoms with Crippen molar-refractivity contribution in [2.24, 2.45) is 0 Å². The first-order valence-electron chi connectivity index (χ1n) is 17.4. The normalized spacial score (nSPS) is 14.2. The number of rotatable bonds is 3. The SMILES string of the molecule is C1=CC(c2nc(-n3c4ccccc4c4cc(-c5ccc6c(c5)-c5cccc7c5B(Nc5ccccc5-7)N6)ccc43)nc3ccccc23)=CCC1. The highest BCUT2D eigenvalue weighted by Crippen LogP contribution is 2.42. The van der Waals surface area contributed by atoms with Crippen LogP contribution in [0.5, 0.6) is 0 Å². The number of allylic oxidation sites excluding steroid dienone is 4. The second-order valence-electron chi connectivity index (χ2n) is 13.4. The number of nitrogens with zero attached hydrogens (tertiary/aromatic N) is 3. The molecule has 0 saturated carbocycles. The minimum absolute atomic E-state index is 0.0280. The number of fused-ring (bicyclic) bond motifs is 8. The fraction of sp³-hybridized carbons (Fsp3) is 0.0455. The highest BCUT2D eigenvalue weighted by Gasteiger charge is 2.35. The summed E-state index contributed by atoms with van der Waals surface area (Å²) in [4.78, 5) is 10.4. The van der Waals surface area contributed by atoms with Crippen LogP contribution in [0, 0.1) is 0 Å². The van der Waals surface area contributed by atoms with E-state index in [0.717, 1.165) is 57.4 Å². The van der Waals surface area contributed by atoms with E-state index in [0.29, 0.717) is 5.95 Å². The van der Waals surface area contributed by atoms with Crippen LogP contribution in [0.2, 0.25) is 0 Å². The minimum atomic E-state index is 0.0280. The summed E-state index contributed by atoms with van der Waals surface area (Å²) < 4.78 is 2.23. The third-order valence-corrected chi connectivity index (χ3v) is 10.6. The Balaban J connectivity index is 1.07. The van der Waals surface area contributed by atoms with Gasteiger partial charge in [0, 0.05) is 38.7 Å². The lowest BCUT2D eigenvalue weighted by molar-refractivity contribution is 0.996. The first kappa shape index (κ1) is 27.5. The minimum Gasteiger partial charge on any atom is -0.405 e. The first-order chi connectivity index (χ1) is 24.8. The highest BCUT2D eigenvalue weighted by molar-refractivity contribution is 6.83. The van der Waals surface area contributed by atoms with Crippen molar-refractivity contribution >= 4 is 62.1 Å². The molecule has 0 atom stereocenters. The molecular weight excluding hydrogens is 609 g/mol. The van der Waals surface area contributed by atoms with E-state index in [2.05, 4.69) is 161 Å². The molecule has 0 unspecified atom stereocenters. The lowest BCUT2D eigenvalue weighted by Crippen LogP contribution is -2.52. The van der Waals surface area contributed by atoms with Gasteiger partial charge in [0.05, 0.1) is 22.2 Å². The number of hydrogen-bond acceptors (Lipinski definition) is 4. The van der Waals surface area contributed by atoms with Gasteiger partial charge in [-0.25, -0.2) is 9.97 Å². The molecular formula is C44H30BN5. The Labute approximate surface area is 289 Å². The van der Waals surface area contributed by atoms with E-state index in [1.807, 2.05) is 0 Å². The largest absolute Gasteiger partial charge is 0.407 e. The predicted octanol–water partition coefficient (Wildman–Crippen LogP) is 10.0. The van der Waals surface area contributed by atoms with Gasteiger partial charge in [-0.05, 0) is 88.6 Å². The molecule has 6 aromatic carbocycles. The molecule has 50 heavy (non-hydrogen) atoms. The fourth-order valence-electron chi connectivity index (χ4n) is 8.30. The molecule has 6 heteroatoms. The average Bonchev–Trinajstić information content (AvgIpc) is 3.51. The molecule has 4 heterocycles. The Morgan fingerprint density at radius 3 is 2.18 bits per heavy atom. The summed E-state index contributed by atoms with van der Waals surface area (Å²) in [5.74, 6) is 0.691. The summed E-state index contributed by atoms with van der Waals surface area (Å²) in [6.45, 7) is 0.0280. The Bertz CT molecular complexity index is 2790. The molecule has 0 spiro atoms. The maximum atomic E-state index is 5.28. The summed E-state index contributed by atoms with van der Waals surface area (Å²) in [5, 5.41) is 11.0. The molecule has 11 rings (SSSR count). The molecule has 0 amide bonds. The van der Waals surface area contributed by atoms with Gasteiger partial charge in [-0.15, -0.1) is 0 Å². The van der Waals surface area contributed by atoms with Gasteiger partial charge in [0.1, 0.15) is 0 Å². The van der Waals surface area contributed by atoms with Gasteiger partial charge in [-0.2, -0.15) is 0 Å². The van der Waals surface area contributed by atoms with Crippen molar-refractivity contribution in [2.45, 2.75) is 12.8 Å². The van der Waals surface area contributed by atoms with Crippen LogP contribution in [0.15, 0.2) is 146 Å². The molecule has 8 aromatic rings. The summed E-state index contributed by atoms with van der Waals surface area (Å²) in [6, 6.07) is 45.9. The van der Waals surface area contributed by atoms with Crippen LogP contribution in [-0.2, 0) is 0 Å². The zero-order valence-corrected chi connectivity index (χ0v) is 27.2. The molecule has 2 aromatic heterocycles. The van der Waals surface area contributed by atoms with Crippen molar-refractivity contribution in [1.82, 2.24) is 14.5 Å². The van der Waals surface area contributed by atoms with Gasteiger partial charge in [0.2, 0.25) is 5.95 Å². The van der Waals surface area contributed by atoms with Crippen molar-refractivity contribution in [2.75, 3.05) is 10.5 Å². The van der Waals surface area contributed by atoms with Gasteiger partial charge in [-0.1, -0.05) is 103 Å². The number of para-hydroxylation sites is 3. The van der Waals surface area contributed by atoms with Crippen molar-refractivity contribution < 1.29 is 0 Å². The standard InChI is InChI=1S/C44H30BN5/c1-2-11-27(12-3-1)43-34-15-5-7-18-37(34)46-44(47-43)50-40-20-9-6-14-31(40)36-26-29(22-24-41(36)50)28-21-23-39-35(25-28)33-17-10-16-32-30-13-4-8-19-38(30)48-45(49-39)42(32)33/h2,4-26,48-49H,1,3H2. The smallest absolute Gasteiger partial charge is 0.405 e. The van der Waals surface area contributed by atoms with Crippen LogP contribution >= 0.6 is 0 Å². The molecule has 3 aliphatic rings. The number of benzene rings is 6. The summed E-state index contributed by atoms with van der Waals surface area (Å²) in [5.41, 5.74) is 16.3. The maximum absolute atomic E-state index is 5.28. The molecule has 2 N–H and O–H groups in total. The Kier molecular flexibility index (Phi) is 5.81. The van der Waals surface area contributed by atoms with E-state index < -0.39 is 0 Å². The summed E-state index contributed by atoms with van der Waals surface area (Å²) in [6.07, 6.45) is 8.83. The van der Waals surface area contributed by atoms with Crippen LogP contribution in [-0.4, -0.2) is 21.5 Å².